The summed E-state index contributed by atoms with van der Waals surface area (Å²) in [4.78, 5) is 0. The maximum atomic E-state index is 8.75. The smallest absolute Gasteiger partial charge is 0.0468 e. The van der Waals surface area contributed by atoms with Crippen LogP contribution in [-0.2, 0) is 0 Å². The van der Waals surface area contributed by atoms with Crippen molar-refractivity contribution in [3.8, 4) is 12.3 Å². The lowest BCUT2D eigenvalue weighted by atomic mass is 10.0. The van der Waals surface area contributed by atoms with E-state index in [2.05, 4.69) is 12.5 Å². The summed E-state index contributed by atoms with van der Waals surface area (Å²) >= 11 is 0. The third kappa shape index (κ3) is 4.17. The number of hydrogen-bond acceptors (Lipinski definition) is 1. The molecule has 1 N–H and O–H groups in total. The first-order chi connectivity index (χ1) is 4.85. The van der Waals surface area contributed by atoms with E-state index < -0.39 is 0 Å². The van der Waals surface area contributed by atoms with Crippen LogP contribution in [0.15, 0.2) is 12.7 Å². The number of allylic oxidation sites excluding steroid dienone is 1. The van der Waals surface area contributed by atoms with Crippen LogP contribution in [0.2, 0.25) is 0 Å². The van der Waals surface area contributed by atoms with E-state index in [1.807, 2.05) is 6.08 Å². The predicted molar refractivity (Wildman–Crippen MR) is 43.5 cm³/mol. The van der Waals surface area contributed by atoms with Crippen molar-refractivity contribution in [2.75, 3.05) is 6.61 Å². The molecule has 0 aliphatic carbocycles. The van der Waals surface area contributed by atoms with Crippen molar-refractivity contribution in [2.24, 2.45) is 5.92 Å². The second-order valence-electron chi connectivity index (χ2n) is 2.32. The quantitative estimate of drug-likeness (QED) is 0.452. The highest BCUT2D eigenvalue weighted by molar-refractivity contribution is 4.87. The SMILES string of the molecule is C#CC[C@H](CO)CCC=C. The van der Waals surface area contributed by atoms with E-state index in [9.17, 15) is 0 Å². The van der Waals surface area contributed by atoms with Gasteiger partial charge in [-0.1, -0.05) is 6.08 Å². The van der Waals surface area contributed by atoms with Gasteiger partial charge in [0.15, 0.2) is 0 Å². The second kappa shape index (κ2) is 6.38. The predicted octanol–water partition coefficient (Wildman–Crippen LogP) is 1.58. The Bertz CT molecular complexity index is 121. The van der Waals surface area contributed by atoms with Crippen molar-refractivity contribution in [3.05, 3.63) is 12.7 Å². The van der Waals surface area contributed by atoms with E-state index >= 15 is 0 Å². The first-order valence-electron chi connectivity index (χ1n) is 3.50. The minimum atomic E-state index is 0.192. The van der Waals surface area contributed by atoms with Gasteiger partial charge in [-0.2, -0.15) is 0 Å². The van der Waals surface area contributed by atoms with Crippen LogP contribution < -0.4 is 0 Å². The number of rotatable bonds is 5. The van der Waals surface area contributed by atoms with Gasteiger partial charge in [-0.15, -0.1) is 18.9 Å². The third-order valence-electron chi connectivity index (χ3n) is 1.44. The summed E-state index contributed by atoms with van der Waals surface area (Å²) < 4.78 is 0. The summed E-state index contributed by atoms with van der Waals surface area (Å²) in [6, 6.07) is 0. The van der Waals surface area contributed by atoms with Gasteiger partial charge in [-0.3, -0.25) is 0 Å². The minimum Gasteiger partial charge on any atom is -0.396 e. The summed E-state index contributed by atoms with van der Waals surface area (Å²) in [5.41, 5.74) is 0. The fourth-order valence-corrected chi connectivity index (χ4v) is 0.778. The molecule has 0 aromatic carbocycles. The molecule has 1 heteroatoms. The minimum absolute atomic E-state index is 0.192. The Morgan fingerprint density at radius 1 is 1.70 bits per heavy atom. The van der Waals surface area contributed by atoms with Crippen LogP contribution in [0.3, 0.4) is 0 Å². The molecular weight excluding hydrogens is 124 g/mol. The van der Waals surface area contributed by atoms with Crippen LogP contribution in [0, 0.1) is 18.3 Å². The molecule has 0 heterocycles. The second-order valence-corrected chi connectivity index (χ2v) is 2.32. The number of aliphatic hydroxyl groups is 1. The molecule has 56 valence electrons. The van der Waals surface area contributed by atoms with Gasteiger partial charge >= 0.3 is 0 Å². The highest BCUT2D eigenvalue weighted by Gasteiger charge is 2.02. The Morgan fingerprint density at radius 3 is 2.80 bits per heavy atom. The molecule has 0 spiro atoms. The van der Waals surface area contributed by atoms with Crippen molar-refractivity contribution in [1.82, 2.24) is 0 Å². The maximum absolute atomic E-state index is 8.75. The fraction of sp³-hybridized carbons (Fsp3) is 0.556. The Morgan fingerprint density at radius 2 is 2.40 bits per heavy atom. The topological polar surface area (TPSA) is 20.2 Å². The van der Waals surface area contributed by atoms with Crippen LogP contribution in [0.25, 0.3) is 0 Å². The Labute approximate surface area is 62.8 Å². The average molecular weight is 138 g/mol. The Hall–Kier alpha value is -0.740. The molecule has 0 saturated carbocycles. The molecular formula is C9H14O. The fourth-order valence-electron chi connectivity index (χ4n) is 0.778. The van der Waals surface area contributed by atoms with Gasteiger partial charge in [0, 0.05) is 13.0 Å². The van der Waals surface area contributed by atoms with Crippen LogP contribution >= 0.6 is 0 Å². The Balaban J connectivity index is 3.41. The lowest BCUT2D eigenvalue weighted by Gasteiger charge is -2.07. The van der Waals surface area contributed by atoms with Crippen LogP contribution in [0.4, 0.5) is 0 Å². The van der Waals surface area contributed by atoms with Gasteiger partial charge in [-0.05, 0) is 18.8 Å². The normalized spacial score (nSPS) is 12.0. The molecule has 0 radical (unpaired) electrons. The summed E-state index contributed by atoms with van der Waals surface area (Å²) in [6.07, 6.45) is 9.49. The van der Waals surface area contributed by atoms with Gasteiger partial charge in [-0.25, -0.2) is 0 Å². The molecule has 1 nitrogen and oxygen atoms in total. The largest absolute Gasteiger partial charge is 0.396 e. The van der Waals surface area contributed by atoms with E-state index in [1.54, 1.807) is 0 Å². The summed E-state index contributed by atoms with van der Waals surface area (Å²) in [5, 5.41) is 8.75. The summed E-state index contributed by atoms with van der Waals surface area (Å²) in [5.74, 6) is 2.80. The molecule has 0 unspecified atom stereocenters. The van der Waals surface area contributed by atoms with Gasteiger partial charge in [0.05, 0.1) is 0 Å². The summed E-state index contributed by atoms with van der Waals surface area (Å²) in [6.45, 7) is 3.79. The molecule has 0 aromatic rings. The molecule has 0 bridgehead atoms. The number of hydrogen-bond donors (Lipinski definition) is 1. The number of terminal acetylenes is 1. The highest BCUT2D eigenvalue weighted by atomic mass is 16.3. The van der Waals surface area contributed by atoms with Crippen molar-refractivity contribution in [2.45, 2.75) is 19.3 Å². The standard InChI is InChI=1S/C9H14O/c1-3-5-7-9(8-10)6-4-2/h2-3,9-10H,1,5-8H2/t9-/m0/s1. The van der Waals surface area contributed by atoms with E-state index in [4.69, 9.17) is 11.5 Å². The molecule has 0 saturated heterocycles. The molecule has 1 atom stereocenters. The van der Waals surface area contributed by atoms with Crippen molar-refractivity contribution < 1.29 is 5.11 Å². The van der Waals surface area contributed by atoms with Crippen molar-refractivity contribution >= 4 is 0 Å². The zero-order valence-electron chi connectivity index (χ0n) is 6.21. The van der Waals surface area contributed by atoms with Crippen molar-refractivity contribution in [1.29, 1.82) is 0 Å². The first-order valence-corrected chi connectivity index (χ1v) is 3.50. The zero-order valence-corrected chi connectivity index (χ0v) is 6.21. The number of aliphatic hydroxyl groups excluding tert-OH is 1. The van der Waals surface area contributed by atoms with Gasteiger partial charge < -0.3 is 5.11 Å². The first kappa shape index (κ1) is 9.26. The average Bonchev–Trinajstić information content (AvgIpc) is 1.98. The molecule has 0 aliphatic heterocycles. The molecule has 0 amide bonds. The van der Waals surface area contributed by atoms with E-state index in [0.29, 0.717) is 6.42 Å². The highest BCUT2D eigenvalue weighted by Crippen LogP contribution is 2.09. The third-order valence-corrected chi connectivity index (χ3v) is 1.44. The van der Waals surface area contributed by atoms with Gasteiger partial charge in [0.2, 0.25) is 0 Å². The van der Waals surface area contributed by atoms with Crippen molar-refractivity contribution in [3.63, 3.8) is 0 Å². The lowest BCUT2D eigenvalue weighted by Crippen LogP contribution is -2.03. The van der Waals surface area contributed by atoms with E-state index in [1.165, 1.54) is 0 Å². The molecule has 0 rings (SSSR count). The molecule has 10 heavy (non-hydrogen) atoms. The Kier molecular flexibility index (Phi) is 5.91. The van der Waals surface area contributed by atoms with Crippen LogP contribution in [-0.4, -0.2) is 11.7 Å². The maximum Gasteiger partial charge on any atom is 0.0468 e. The van der Waals surface area contributed by atoms with E-state index in [0.717, 1.165) is 12.8 Å². The molecule has 0 aromatic heterocycles. The molecule has 0 aliphatic rings. The van der Waals surface area contributed by atoms with Crippen LogP contribution in [0.1, 0.15) is 19.3 Å². The lowest BCUT2D eigenvalue weighted by molar-refractivity contribution is 0.222. The monoisotopic (exact) mass is 138 g/mol. The zero-order chi connectivity index (χ0) is 7.82. The van der Waals surface area contributed by atoms with E-state index in [-0.39, 0.29) is 12.5 Å². The van der Waals surface area contributed by atoms with Crippen LogP contribution in [0.5, 0.6) is 0 Å². The summed E-state index contributed by atoms with van der Waals surface area (Å²) in [7, 11) is 0. The van der Waals surface area contributed by atoms with Gasteiger partial charge in [0.1, 0.15) is 0 Å². The van der Waals surface area contributed by atoms with Gasteiger partial charge in [0.25, 0.3) is 0 Å². The molecule has 0 fully saturated rings.